The average molecular weight is 290 g/mol. The van der Waals surface area contributed by atoms with Gasteiger partial charge in [0.15, 0.2) is 0 Å². The second-order valence-corrected chi connectivity index (χ2v) is 5.40. The third kappa shape index (κ3) is 3.99. The largest absolute Gasteiger partial charge is 0.481 e. The number of hydrogen-bond donors (Lipinski definition) is 2. The third-order valence-electron chi connectivity index (χ3n) is 2.70. The first kappa shape index (κ1) is 15.0. The predicted octanol–water partition coefficient (Wildman–Crippen LogP) is 2.94. The molecule has 0 aliphatic carbocycles. The first-order valence-electron chi connectivity index (χ1n) is 5.69. The van der Waals surface area contributed by atoms with Crippen molar-refractivity contribution in [1.82, 2.24) is 5.32 Å². The highest BCUT2D eigenvalue weighted by atomic mass is 35.5. The fraction of sp³-hybridized carbons (Fsp3) is 0.500. The van der Waals surface area contributed by atoms with Gasteiger partial charge in [-0.1, -0.05) is 24.9 Å². The van der Waals surface area contributed by atoms with E-state index in [1.165, 1.54) is 11.3 Å². The number of carbonyl (C=O) groups excluding carboxylic acids is 1. The standard InChI is InChI=1S/C12H16ClNO3S/c1-3-8(4-9(15)16)5-14-12(17)11-10(13)7(2)6-18-11/h6,8H,3-5H2,1-2H3,(H,14,17)(H,15,16). The molecule has 0 bridgehead atoms. The van der Waals surface area contributed by atoms with Gasteiger partial charge in [0, 0.05) is 13.0 Å². The van der Waals surface area contributed by atoms with E-state index in [1.54, 1.807) is 0 Å². The zero-order valence-electron chi connectivity index (χ0n) is 10.3. The van der Waals surface area contributed by atoms with E-state index in [-0.39, 0.29) is 18.2 Å². The second-order valence-electron chi connectivity index (χ2n) is 4.14. The van der Waals surface area contributed by atoms with Crippen molar-refractivity contribution in [2.75, 3.05) is 6.54 Å². The van der Waals surface area contributed by atoms with Gasteiger partial charge in [-0.3, -0.25) is 9.59 Å². The van der Waals surface area contributed by atoms with Crippen molar-refractivity contribution in [1.29, 1.82) is 0 Å². The van der Waals surface area contributed by atoms with Crippen LogP contribution in [0.15, 0.2) is 5.38 Å². The van der Waals surface area contributed by atoms with Crippen LogP contribution in [0.4, 0.5) is 0 Å². The molecule has 0 aromatic carbocycles. The minimum Gasteiger partial charge on any atom is -0.481 e. The van der Waals surface area contributed by atoms with Gasteiger partial charge in [-0.15, -0.1) is 11.3 Å². The van der Waals surface area contributed by atoms with E-state index in [4.69, 9.17) is 16.7 Å². The molecule has 2 N–H and O–H groups in total. The van der Waals surface area contributed by atoms with Crippen LogP contribution in [0.2, 0.25) is 5.02 Å². The Bertz CT molecular complexity index is 445. The number of aliphatic carboxylic acids is 1. The van der Waals surface area contributed by atoms with Crippen LogP contribution in [-0.4, -0.2) is 23.5 Å². The van der Waals surface area contributed by atoms with Gasteiger partial charge in [-0.05, 0) is 23.8 Å². The highest BCUT2D eigenvalue weighted by Gasteiger charge is 2.17. The van der Waals surface area contributed by atoms with Gasteiger partial charge in [0.1, 0.15) is 4.88 Å². The predicted molar refractivity (Wildman–Crippen MR) is 72.4 cm³/mol. The fourth-order valence-electron chi connectivity index (χ4n) is 1.51. The summed E-state index contributed by atoms with van der Waals surface area (Å²) in [6, 6.07) is 0. The molecule has 0 spiro atoms. The molecular weight excluding hydrogens is 274 g/mol. The van der Waals surface area contributed by atoms with E-state index in [0.29, 0.717) is 22.9 Å². The van der Waals surface area contributed by atoms with E-state index in [2.05, 4.69) is 5.32 Å². The summed E-state index contributed by atoms with van der Waals surface area (Å²) in [7, 11) is 0. The van der Waals surface area contributed by atoms with Gasteiger partial charge >= 0.3 is 5.97 Å². The molecule has 0 saturated carbocycles. The molecule has 1 unspecified atom stereocenters. The van der Waals surface area contributed by atoms with Crippen molar-refractivity contribution in [2.24, 2.45) is 5.92 Å². The first-order chi connectivity index (χ1) is 8.45. The number of amides is 1. The van der Waals surface area contributed by atoms with Gasteiger partial charge in [0.05, 0.1) is 5.02 Å². The Morgan fingerprint density at radius 2 is 2.22 bits per heavy atom. The summed E-state index contributed by atoms with van der Waals surface area (Å²) in [5.41, 5.74) is 0.879. The summed E-state index contributed by atoms with van der Waals surface area (Å²) in [4.78, 5) is 22.9. The van der Waals surface area contributed by atoms with Crippen LogP contribution in [0, 0.1) is 12.8 Å². The molecule has 0 radical (unpaired) electrons. The van der Waals surface area contributed by atoms with Crippen molar-refractivity contribution in [3.63, 3.8) is 0 Å². The number of hydrogen-bond acceptors (Lipinski definition) is 3. The minimum absolute atomic E-state index is 0.0497. The smallest absolute Gasteiger partial charge is 0.303 e. The Hall–Kier alpha value is -1.07. The molecule has 0 aliphatic heterocycles. The van der Waals surface area contributed by atoms with E-state index < -0.39 is 5.97 Å². The van der Waals surface area contributed by atoms with Crippen molar-refractivity contribution in [2.45, 2.75) is 26.7 Å². The Kier molecular flexibility index (Phi) is 5.62. The number of aryl methyl sites for hydroxylation is 1. The lowest BCUT2D eigenvalue weighted by Gasteiger charge is -2.13. The topological polar surface area (TPSA) is 66.4 Å². The van der Waals surface area contributed by atoms with Gasteiger partial charge < -0.3 is 10.4 Å². The molecule has 6 heteroatoms. The summed E-state index contributed by atoms with van der Waals surface area (Å²) in [5.74, 6) is -1.13. The number of halogens is 1. The van der Waals surface area contributed by atoms with Gasteiger partial charge in [-0.25, -0.2) is 0 Å². The minimum atomic E-state index is -0.846. The second kappa shape index (κ2) is 6.75. The first-order valence-corrected chi connectivity index (χ1v) is 6.95. The summed E-state index contributed by atoms with van der Waals surface area (Å²) < 4.78 is 0. The summed E-state index contributed by atoms with van der Waals surface area (Å²) in [5, 5.41) is 13.7. The normalized spacial score (nSPS) is 12.2. The molecule has 0 aliphatic rings. The number of carboxylic acid groups (broad SMARTS) is 1. The van der Waals surface area contributed by atoms with Crippen molar-refractivity contribution in [3.05, 3.63) is 20.8 Å². The van der Waals surface area contributed by atoms with Crippen LogP contribution in [0.1, 0.15) is 35.0 Å². The molecule has 0 saturated heterocycles. The number of rotatable bonds is 6. The van der Waals surface area contributed by atoms with Crippen molar-refractivity contribution in [3.8, 4) is 0 Å². The molecule has 0 fully saturated rings. The average Bonchev–Trinajstić information content (AvgIpc) is 2.64. The van der Waals surface area contributed by atoms with E-state index >= 15 is 0 Å². The molecule has 1 aromatic heterocycles. The molecule has 1 atom stereocenters. The SMILES string of the molecule is CCC(CNC(=O)c1scc(C)c1Cl)CC(=O)O. The summed E-state index contributed by atoms with van der Waals surface area (Å²) in [6.07, 6.45) is 0.776. The zero-order chi connectivity index (χ0) is 13.7. The third-order valence-corrected chi connectivity index (χ3v) is 4.39. The van der Waals surface area contributed by atoms with Crippen LogP contribution in [0.3, 0.4) is 0 Å². The fourth-order valence-corrected chi connectivity index (χ4v) is 2.70. The Balaban J connectivity index is 2.55. The number of carbonyl (C=O) groups is 2. The molecule has 18 heavy (non-hydrogen) atoms. The summed E-state index contributed by atoms with van der Waals surface area (Å²) in [6.45, 7) is 4.10. The van der Waals surface area contributed by atoms with Crippen molar-refractivity contribution < 1.29 is 14.7 Å². The van der Waals surface area contributed by atoms with Crippen LogP contribution in [0.25, 0.3) is 0 Å². The molecule has 1 rings (SSSR count). The van der Waals surface area contributed by atoms with Crippen LogP contribution in [0.5, 0.6) is 0 Å². The highest BCUT2D eigenvalue weighted by molar-refractivity contribution is 7.13. The zero-order valence-corrected chi connectivity index (χ0v) is 11.9. The lowest BCUT2D eigenvalue weighted by Crippen LogP contribution is -2.29. The van der Waals surface area contributed by atoms with E-state index in [0.717, 1.165) is 5.56 Å². The van der Waals surface area contributed by atoms with Crippen molar-refractivity contribution >= 4 is 34.8 Å². The van der Waals surface area contributed by atoms with Gasteiger partial charge in [0.2, 0.25) is 0 Å². The quantitative estimate of drug-likeness (QED) is 0.846. The number of thiophene rings is 1. The maximum atomic E-state index is 11.9. The molecule has 4 nitrogen and oxygen atoms in total. The number of carboxylic acids is 1. The van der Waals surface area contributed by atoms with Crippen LogP contribution < -0.4 is 5.32 Å². The molecule has 1 heterocycles. The monoisotopic (exact) mass is 289 g/mol. The highest BCUT2D eigenvalue weighted by Crippen LogP contribution is 2.26. The maximum absolute atomic E-state index is 11.9. The van der Waals surface area contributed by atoms with Gasteiger partial charge in [0.25, 0.3) is 5.91 Å². The van der Waals surface area contributed by atoms with E-state index in [9.17, 15) is 9.59 Å². The molecule has 100 valence electrons. The van der Waals surface area contributed by atoms with Gasteiger partial charge in [-0.2, -0.15) is 0 Å². The van der Waals surface area contributed by atoms with E-state index in [1.807, 2.05) is 19.2 Å². The molecule has 1 amide bonds. The lowest BCUT2D eigenvalue weighted by atomic mass is 10.0. The Morgan fingerprint density at radius 1 is 1.56 bits per heavy atom. The van der Waals surface area contributed by atoms with Crippen LogP contribution >= 0.6 is 22.9 Å². The molecule has 1 aromatic rings. The maximum Gasteiger partial charge on any atom is 0.303 e. The Morgan fingerprint density at radius 3 is 2.67 bits per heavy atom. The van der Waals surface area contributed by atoms with Crippen LogP contribution in [-0.2, 0) is 4.79 Å². The Labute approximate surface area is 115 Å². The summed E-state index contributed by atoms with van der Waals surface area (Å²) >= 11 is 7.29. The lowest BCUT2D eigenvalue weighted by molar-refractivity contribution is -0.138. The molecular formula is C12H16ClNO3S. The number of nitrogens with one attached hydrogen (secondary N) is 1.